The van der Waals surface area contributed by atoms with Crippen LogP contribution in [-0.2, 0) is 20.6 Å². The third-order valence-corrected chi connectivity index (χ3v) is 7.35. The fourth-order valence-corrected chi connectivity index (χ4v) is 5.31. The van der Waals surface area contributed by atoms with Gasteiger partial charge in [-0.05, 0) is 37.3 Å². The third kappa shape index (κ3) is 5.84. The Hall–Kier alpha value is -1.29. The van der Waals surface area contributed by atoms with Gasteiger partial charge in [-0.1, -0.05) is 6.07 Å². The van der Waals surface area contributed by atoms with Crippen LogP contribution < -0.4 is 28.3 Å². The van der Waals surface area contributed by atoms with E-state index < -0.39 is 61.0 Å². The molecule has 2 aliphatic carbocycles. The van der Waals surface area contributed by atoms with Gasteiger partial charge in [-0.2, -0.15) is 0 Å². The second kappa shape index (κ2) is 11.8. The molecule has 198 valence electrons. The molecule has 12 N–H and O–H groups in total. The molecule has 1 saturated heterocycles. The van der Waals surface area contributed by atoms with E-state index in [1.165, 1.54) is 5.56 Å². The summed E-state index contributed by atoms with van der Waals surface area (Å²) in [5.74, 6) is 0. The van der Waals surface area contributed by atoms with Crippen LogP contribution in [0.1, 0.15) is 36.6 Å². The number of aryl methyl sites for hydroxylation is 1. The van der Waals surface area contributed by atoms with Gasteiger partial charge in [0.15, 0.2) is 6.29 Å². The number of fused-ring (bicyclic) bond motifs is 1. The molecule has 0 radical (unpaired) electrons. The van der Waals surface area contributed by atoms with Gasteiger partial charge in [0.25, 0.3) is 0 Å². The number of rotatable bonds is 8. The number of pyridine rings is 1. The van der Waals surface area contributed by atoms with Crippen LogP contribution in [0.15, 0.2) is 18.3 Å². The molecular weight excluding hydrogens is 456 g/mol. The fourth-order valence-electron chi connectivity index (χ4n) is 5.31. The number of aliphatic hydroxyl groups is 3. The minimum atomic E-state index is -1.29. The standard InChI is InChI=1S/C23H40N6O6/c24-10-16-19(31)20(32)17(27)23(34-16)35-21-13(26)9-12(25)18(30)22(21)33-8-7-29-15-5-1-4-14-11(15)3-2-6-28-14/h2-3,6,12-13,15-23,29-32H,1,4-5,7-10,24-27H2/t12-,13+,15?,16-,17-,18+,19-,20-,21-,22-,23-/m1/s1. The maximum Gasteiger partial charge on any atom is 0.176 e. The van der Waals surface area contributed by atoms with Crippen molar-refractivity contribution < 1.29 is 29.5 Å². The van der Waals surface area contributed by atoms with Gasteiger partial charge in [0, 0.05) is 43.1 Å². The van der Waals surface area contributed by atoms with Gasteiger partial charge in [-0.15, -0.1) is 0 Å². The summed E-state index contributed by atoms with van der Waals surface area (Å²) >= 11 is 0. The van der Waals surface area contributed by atoms with Crippen molar-refractivity contribution in [2.24, 2.45) is 22.9 Å². The lowest BCUT2D eigenvalue weighted by atomic mass is 9.84. The van der Waals surface area contributed by atoms with Crippen LogP contribution in [0.25, 0.3) is 0 Å². The molecule has 0 aromatic carbocycles. The molecule has 4 rings (SSSR count). The topological polar surface area (TPSA) is 217 Å². The second-order valence-corrected chi connectivity index (χ2v) is 9.77. The molecule has 2 fully saturated rings. The van der Waals surface area contributed by atoms with Crippen LogP contribution in [0.4, 0.5) is 0 Å². The van der Waals surface area contributed by atoms with Crippen LogP contribution in [0.3, 0.4) is 0 Å². The molecule has 1 unspecified atom stereocenters. The fraction of sp³-hybridized carbons (Fsp3) is 0.783. The van der Waals surface area contributed by atoms with Crippen LogP contribution in [-0.4, -0.2) is 101 Å². The van der Waals surface area contributed by atoms with E-state index in [1.807, 2.05) is 12.3 Å². The van der Waals surface area contributed by atoms with Crippen molar-refractivity contribution in [3.05, 3.63) is 29.6 Å². The van der Waals surface area contributed by atoms with E-state index in [0.29, 0.717) is 13.0 Å². The van der Waals surface area contributed by atoms with E-state index in [1.54, 1.807) is 0 Å². The molecule has 12 heteroatoms. The Kier molecular flexibility index (Phi) is 9.05. The van der Waals surface area contributed by atoms with Crippen molar-refractivity contribution in [2.45, 2.75) is 92.8 Å². The van der Waals surface area contributed by atoms with Crippen LogP contribution in [0, 0.1) is 0 Å². The summed E-state index contributed by atoms with van der Waals surface area (Å²) in [7, 11) is 0. The molecule has 11 atom stereocenters. The van der Waals surface area contributed by atoms with E-state index in [0.717, 1.165) is 25.0 Å². The molecule has 2 heterocycles. The van der Waals surface area contributed by atoms with E-state index in [9.17, 15) is 15.3 Å². The van der Waals surface area contributed by atoms with Crippen molar-refractivity contribution in [1.82, 2.24) is 10.3 Å². The normalized spacial score (nSPS) is 42.0. The Morgan fingerprint density at radius 1 is 1.09 bits per heavy atom. The molecule has 12 nitrogen and oxygen atoms in total. The zero-order valence-corrected chi connectivity index (χ0v) is 19.9. The molecule has 0 spiro atoms. The molecule has 0 bridgehead atoms. The molecule has 35 heavy (non-hydrogen) atoms. The predicted octanol–water partition coefficient (Wildman–Crippen LogP) is -3.03. The number of nitrogens with one attached hydrogen (secondary N) is 1. The molecule has 1 aliphatic heterocycles. The Morgan fingerprint density at radius 2 is 1.89 bits per heavy atom. The number of hydrogen-bond acceptors (Lipinski definition) is 12. The quantitative estimate of drug-likeness (QED) is 0.169. The summed E-state index contributed by atoms with van der Waals surface area (Å²) in [5.41, 5.74) is 26.5. The van der Waals surface area contributed by atoms with E-state index in [-0.39, 0.29) is 19.2 Å². The van der Waals surface area contributed by atoms with Gasteiger partial charge >= 0.3 is 0 Å². The Bertz CT molecular complexity index is 820. The highest BCUT2D eigenvalue weighted by molar-refractivity contribution is 5.26. The summed E-state index contributed by atoms with van der Waals surface area (Å²) in [5, 5.41) is 34.7. The molecule has 3 aliphatic rings. The van der Waals surface area contributed by atoms with Crippen molar-refractivity contribution in [2.75, 3.05) is 19.7 Å². The predicted molar refractivity (Wildman–Crippen MR) is 127 cm³/mol. The smallest absolute Gasteiger partial charge is 0.176 e. The summed E-state index contributed by atoms with van der Waals surface area (Å²) in [4.78, 5) is 4.48. The molecular formula is C23H40N6O6. The summed E-state index contributed by atoms with van der Waals surface area (Å²) in [6, 6.07) is 2.07. The van der Waals surface area contributed by atoms with Crippen LogP contribution in [0.5, 0.6) is 0 Å². The highest BCUT2D eigenvalue weighted by atomic mass is 16.7. The van der Waals surface area contributed by atoms with Gasteiger partial charge in [-0.3, -0.25) is 4.98 Å². The second-order valence-electron chi connectivity index (χ2n) is 9.77. The Balaban J connectivity index is 1.37. The Morgan fingerprint density at radius 3 is 2.66 bits per heavy atom. The monoisotopic (exact) mass is 496 g/mol. The van der Waals surface area contributed by atoms with Gasteiger partial charge < -0.3 is 57.8 Å². The molecule has 0 amide bonds. The maximum absolute atomic E-state index is 10.8. The number of nitrogens with zero attached hydrogens (tertiary/aromatic N) is 1. The average Bonchev–Trinajstić information content (AvgIpc) is 2.86. The van der Waals surface area contributed by atoms with Crippen molar-refractivity contribution in [3.63, 3.8) is 0 Å². The first-order valence-corrected chi connectivity index (χ1v) is 12.4. The lowest BCUT2D eigenvalue weighted by Crippen LogP contribution is -2.67. The third-order valence-electron chi connectivity index (χ3n) is 7.35. The summed E-state index contributed by atoms with van der Waals surface area (Å²) < 4.78 is 17.8. The molecule has 1 aromatic heterocycles. The van der Waals surface area contributed by atoms with Crippen LogP contribution in [0.2, 0.25) is 0 Å². The number of aliphatic hydroxyl groups excluding tert-OH is 3. The molecule has 1 aromatic rings. The number of ether oxygens (including phenoxy) is 3. The first-order valence-electron chi connectivity index (χ1n) is 12.4. The number of nitrogens with two attached hydrogens (primary N) is 4. The van der Waals surface area contributed by atoms with Crippen molar-refractivity contribution in [3.8, 4) is 0 Å². The zero-order chi connectivity index (χ0) is 25.1. The van der Waals surface area contributed by atoms with Crippen LogP contribution >= 0.6 is 0 Å². The lowest BCUT2D eigenvalue weighted by molar-refractivity contribution is -0.291. The SMILES string of the molecule is NC[C@H]1O[C@H](O[C@H]2[C@H](OCCNC3CCCc4ncccc43)[C@@H](O)[C@H](N)C[C@@H]2N)[C@H](N)[C@@H](O)[C@@H]1O. The maximum atomic E-state index is 10.8. The molecule has 1 saturated carbocycles. The first kappa shape index (κ1) is 26.8. The highest BCUT2D eigenvalue weighted by Crippen LogP contribution is 2.30. The van der Waals surface area contributed by atoms with Gasteiger partial charge in [0.05, 0.1) is 18.8 Å². The van der Waals surface area contributed by atoms with Gasteiger partial charge in [0.2, 0.25) is 0 Å². The number of aromatic nitrogens is 1. The van der Waals surface area contributed by atoms with E-state index in [2.05, 4.69) is 16.4 Å². The summed E-state index contributed by atoms with van der Waals surface area (Å²) in [6.07, 6.45) is -1.90. The lowest BCUT2D eigenvalue weighted by Gasteiger charge is -2.46. The zero-order valence-electron chi connectivity index (χ0n) is 19.9. The van der Waals surface area contributed by atoms with Gasteiger partial charge in [-0.25, -0.2) is 0 Å². The summed E-state index contributed by atoms with van der Waals surface area (Å²) in [6.45, 7) is 0.802. The van der Waals surface area contributed by atoms with Crippen molar-refractivity contribution >= 4 is 0 Å². The first-order chi connectivity index (χ1) is 16.8. The van der Waals surface area contributed by atoms with E-state index >= 15 is 0 Å². The van der Waals surface area contributed by atoms with Crippen molar-refractivity contribution in [1.29, 1.82) is 0 Å². The Labute approximate surface area is 205 Å². The average molecular weight is 497 g/mol. The minimum absolute atomic E-state index is 0.0273. The minimum Gasteiger partial charge on any atom is -0.389 e. The van der Waals surface area contributed by atoms with E-state index in [4.69, 9.17) is 37.1 Å². The van der Waals surface area contributed by atoms with Gasteiger partial charge in [0.1, 0.15) is 30.5 Å². The largest absolute Gasteiger partial charge is 0.389 e. The highest BCUT2D eigenvalue weighted by Gasteiger charge is 2.48. The number of hydrogen-bond donors (Lipinski definition) is 8.